The summed E-state index contributed by atoms with van der Waals surface area (Å²) >= 11 is 5.85. The van der Waals surface area contributed by atoms with Gasteiger partial charge in [0, 0.05) is 23.7 Å². The minimum Gasteiger partial charge on any atom is -0.324 e. The number of aryl methyl sites for hydroxylation is 1. The highest BCUT2D eigenvalue weighted by Gasteiger charge is 2.35. The lowest BCUT2D eigenvalue weighted by Crippen LogP contribution is -2.47. The number of rotatable bonds is 5. The van der Waals surface area contributed by atoms with Crippen LogP contribution in [0.4, 0.5) is 4.79 Å². The molecule has 0 N–H and O–H groups in total. The summed E-state index contributed by atoms with van der Waals surface area (Å²) < 4.78 is 27.0. The summed E-state index contributed by atoms with van der Waals surface area (Å²) in [6.07, 6.45) is 1.63. The number of benzene rings is 2. The number of nitrogens with zero attached hydrogens (tertiary/aromatic N) is 2. The van der Waals surface area contributed by atoms with Crippen LogP contribution in [0, 0.1) is 6.92 Å². The molecule has 0 radical (unpaired) electrons. The highest BCUT2D eigenvalue weighted by Crippen LogP contribution is 2.21. The van der Waals surface area contributed by atoms with Gasteiger partial charge in [-0.15, -0.1) is 0 Å². The molecule has 2 aromatic rings. The minimum absolute atomic E-state index is 0.0189. The Bertz CT molecular complexity index is 966. The largest absolute Gasteiger partial charge is 0.334 e. The van der Waals surface area contributed by atoms with E-state index in [-0.39, 0.29) is 4.90 Å². The molecule has 3 rings (SSSR count). The molecule has 6 nitrogen and oxygen atoms in total. The first-order valence-corrected chi connectivity index (χ1v) is 10.8. The molecule has 0 saturated carbocycles. The molecule has 2 aromatic carbocycles. The number of carbonyl (C=O) groups excluding carboxylic acids is 2. The summed E-state index contributed by atoms with van der Waals surface area (Å²) in [6, 6.07) is 11.7. The third kappa shape index (κ3) is 4.36. The Labute approximate surface area is 169 Å². The van der Waals surface area contributed by atoms with Crippen LogP contribution in [-0.4, -0.2) is 49.1 Å². The molecule has 0 spiro atoms. The monoisotopic (exact) mass is 420 g/mol. The van der Waals surface area contributed by atoms with Crippen molar-refractivity contribution >= 4 is 33.4 Å². The van der Waals surface area contributed by atoms with Crippen molar-refractivity contribution in [2.45, 2.75) is 24.7 Å². The highest BCUT2D eigenvalue weighted by atomic mass is 35.5. The Morgan fingerprint density at radius 1 is 1.00 bits per heavy atom. The second kappa shape index (κ2) is 8.32. The van der Waals surface area contributed by atoms with Crippen molar-refractivity contribution < 1.29 is 18.0 Å². The van der Waals surface area contributed by atoms with Crippen LogP contribution in [0.1, 0.15) is 28.8 Å². The maximum absolute atomic E-state index is 13.2. The molecule has 0 atom stereocenters. The minimum atomic E-state index is -4.17. The maximum Gasteiger partial charge on any atom is 0.334 e. The van der Waals surface area contributed by atoms with Crippen molar-refractivity contribution in [1.82, 2.24) is 9.21 Å². The van der Waals surface area contributed by atoms with Gasteiger partial charge in [-0.25, -0.2) is 17.5 Å². The zero-order valence-corrected chi connectivity index (χ0v) is 17.0. The predicted octanol–water partition coefficient (Wildman–Crippen LogP) is 3.74. The summed E-state index contributed by atoms with van der Waals surface area (Å²) in [5.41, 5.74) is 1.19. The van der Waals surface area contributed by atoms with E-state index in [0.717, 1.165) is 18.4 Å². The van der Waals surface area contributed by atoms with Gasteiger partial charge < -0.3 is 4.90 Å². The van der Waals surface area contributed by atoms with E-state index < -0.39 is 28.4 Å². The highest BCUT2D eigenvalue weighted by molar-refractivity contribution is 7.89. The third-order valence-corrected chi connectivity index (χ3v) is 6.64. The molecule has 1 aliphatic rings. The van der Waals surface area contributed by atoms with Crippen LogP contribution in [0.3, 0.4) is 0 Å². The number of carbonyl (C=O) groups is 2. The van der Waals surface area contributed by atoms with Crippen molar-refractivity contribution in [3.63, 3.8) is 0 Å². The van der Waals surface area contributed by atoms with Crippen molar-refractivity contribution in [1.29, 1.82) is 0 Å². The number of Topliss-reactive ketones (excluding diaryl/α,β-unsaturated/α-hetero) is 1. The number of urea groups is 1. The number of hydrogen-bond donors (Lipinski definition) is 0. The van der Waals surface area contributed by atoms with Gasteiger partial charge in [-0.05, 0) is 56.2 Å². The van der Waals surface area contributed by atoms with Crippen LogP contribution < -0.4 is 0 Å². The zero-order valence-electron chi connectivity index (χ0n) is 15.5. The van der Waals surface area contributed by atoms with E-state index in [1.165, 1.54) is 29.2 Å². The number of amides is 2. The molecule has 8 heteroatoms. The Kier molecular flexibility index (Phi) is 6.05. The first-order chi connectivity index (χ1) is 13.3. The number of hydrogen-bond acceptors (Lipinski definition) is 4. The van der Waals surface area contributed by atoms with Crippen LogP contribution in [0.15, 0.2) is 53.4 Å². The lowest BCUT2D eigenvalue weighted by atomic mass is 10.1. The molecule has 1 saturated heterocycles. The second-order valence-corrected chi connectivity index (χ2v) is 9.03. The van der Waals surface area contributed by atoms with Crippen LogP contribution in [0.5, 0.6) is 0 Å². The average Bonchev–Trinajstić information content (AvgIpc) is 3.21. The van der Waals surface area contributed by atoms with E-state index in [0.29, 0.717) is 28.0 Å². The smallest absolute Gasteiger partial charge is 0.324 e. The van der Waals surface area contributed by atoms with Gasteiger partial charge in [0.2, 0.25) is 0 Å². The van der Waals surface area contributed by atoms with Gasteiger partial charge in [-0.1, -0.05) is 29.3 Å². The topological polar surface area (TPSA) is 74.8 Å². The molecule has 0 aromatic heterocycles. The van der Waals surface area contributed by atoms with Crippen molar-refractivity contribution in [2.24, 2.45) is 0 Å². The first-order valence-electron chi connectivity index (χ1n) is 8.96. The molecule has 0 unspecified atom stereocenters. The molecule has 1 heterocycles. The van der Waals surface area contributed by atoms with E-state index in [4.69, 9.17) is 11.6 Å². The molecule has 148 valence electrons. The first kappa shape index (κ1) is 20.4. The summed E-state index contributed by atoms with van der Waals surface area (Å²) in [6.45, 7) is 2.24. The third-order valence-electron chi connectivity index (χ3n) is 4.65. The van der Waals surface area contributed by atoms with E-state index in [1.807, 2.05) is 6.92 Å². The van der Waals surface area contributed by atoms with E-state index in [2.05, 4.69) is 0 Å². The Morgan fingerprint density at radius 2 is 1.57 bits per heavy atom. The number of halogens is 1. The second-order valence-electron chi connectivity index (χ2n) is 6.73. The normalized spacial score (nSPS) is 14.1. The van der Waals surface area contributed by atoms with Crippen molar-refractivity contribution in [2.75, 3.05) is 19.6 Å². The summed E-state index contributed by atoms with van der Waals surface area (Å²) in [4.78, 5) is 27.1. The Hall–Kier alpha value is -2.38. The fraction of sp³-hybridized carbons (Fsp3) is 0.300. The van der Waals surface area contributed by atoms with Crippen molar-refractivity contribution in [3.05, 3.63) is 64.7 Å². The SMILES string of the molecule is Cc1ccc(S(=O)(=O)N(CC(=O)c2ccc(Cl)cc2)C(=O)N2CCCC2)cc1. The lowest BCUT2D eigenvalue weighted by Gasteiger charge is -2.27. The predicted molar refractivity (Wildman–Crippen MR) is 107 cm³/mol. The Morgan fingerprint density at radius 3 is 2.14 bits per heavy atom. The van der Waals surface area contributed by atoms with Crippen LogP contribution in [0.25, 0.3) is 0 Å². The van der Waals surface area contributed by atoms with Gasteiger partial charge in [0.25, 0.3) is 10.0 Å². The number of ketones is 1. The van der Waals surface area contributed by atoms with E-state index >= 15 is 0 Å². The van der Waals surface area contributed by atoms with Gasteiger partial charge in [0.15, 0.2) is 5.78 Å². The summed E-state index contributed by atoms with van der Waals surface area (Å²) in [5, 5.41) is 0.467. The Balaban J connectivity index is 1.94. The molecule has 0 aliphatic carbocycles. The van der Waals surface area contributed by atoms with Gasteiger partial charge in [0.05, 0.1) is 4.90 Å². The number of likely N-dealkylation sites (tertiary alicyclic amines) is 1. The lowest BCUT2D eigenvalue weighted by molar-refractivity contribution is 0.0963. The molecule has 2 amide bonds. The van der Waals surface area contributed by atoms with Gasteiger partial charge >= 0.3 is 6.03 Å². The summed E-state index contributed by atoms with van der Waals surface area (Å²) in [7, 11) is -4.17. The van der Waals surface area contributed by atoms with Gasteiger partial charge in [0.1, 0.15) is 6.54 Å². The van der Waals surface area contributed by atoms with Crippen molar-refractivity contribution in [3.8, 4) is 0 Å². The van der Waals surface area contributed by atoms with Gasteiger partial charge in [-0.3, -0.25) is 4.79 Å². The van der Waals surface area contributed by atoms with Crippen LogP contribution >= 0.6 is 11.6 Å². The molecular weight excluding hydrogens is 400 g/mol. The fourth-order valence-electron chi connectivity index (χ4n) is 3.02. The average molecular weight is 421 g/mol. The standard InChI is InChI=1S/C20H21ClN2O4S/c1-15-4-10-18(11-5-15)28(26,27)23(20(25)22-12-2-3-13-22)14-19(24)16-6-8-17(21)9-7-16/h4-11H,2-3,12-14H2,1H3. The maximum atomic E-state index is 13.2. The molecule has 0 bridgehead atoms. The quantitative estimate of drug-likeness (QED) is 0.690. The fourth-order valence-corrected chi connectivity index (χ4v) is 4.49. The van der Waals surface area contributed by atoms with E-state index in [9.17, 15) is 18.0 Å². The summed E-state index contributed by atoms with van der Waals surface area (Å²) in [5.74, 6) is -0.472. The van der Waals surface area contributed by atoms with Crippen LogP contribution in [0.2, 0.25) is 5.02 Å². The van der Waals surface area contributed by atoms with Gasteiger partial charge in [-0.2, -0.15) is 0 Å². The van der Waals surface area contributed by atoms with E-state index in [1.54, 1.807) is 24.3 Å². The molecule has 1 aliphatic heterocycles. The number of sulfonamides is 1. The molecule has 1 fully saturated rings. The zero-order chi connectivity index (χ0) is 20.3. The molecule has 28 heavy (non-hydrogen) atoms. The molecular formula is C20H21ClN2O4S. The van der Waals surface area contributed by atoms with Crippen LogP contribution in [-0.2, 0) is 10.0 Å².